The molecule has 0 saturated carbocycles. The van der Waals surface area contributed by atoms with Crippen molar-refractivity contribution in [3.8, 4) is 5.75 Å². The van der Waals surface area contributed by atoms with E-state index in [0.717, 1.165) is 44.9 Å². The highest BCUT2D eigenvalue weighted by molar-refractivity contribution is 6.48. The molecule has 1 aromatic rings. The fraction of sp³-hybridized carbons (Fsp3) is 0.714. The van der Waals surface area contributed by atoms with Crippen LogP contribution in [0.4, 0.5) is 0 Å². The van der Waals surface area contributed by atoms with E-state index < -0.39 is 5.97 Å². The number of carbonyl (C=O) groups is 2. The Labute approximate surface area is 237 Å². The van der Waals surface area contributed by atoms with Gasteiger partial charge in [0, 0.05) is 12.8 Å². The summed E-state index contributed by atoms with van der Waals surface area (Å²) in [5.41, 5.74) is 0. The molecule has 0 heterocycles. The normalized spacial score (nSPS) is 11.0. The number of hydrogen-bond acceptors (Lipinski definition) is 4. The molecule has 8 heteroatoms. The maximum Gasteiger partial charge on any atom is 0.311 e. The van der Waals surface area contributed by atoms with Gasteiger partial charge < -0.3 is 9.47 Å². The van der Waals surface area contributed by atoms with Crippen LogP contribution in [-0.2, 0) is 14.3 Å². The van der Waals surface area contributed by atoms with Crippen molar-refractivity contribution < 1.29 is 19.1 Å². The number of carbonyl (C=O) groups excluding carboxylic acids is 2. The Morgan fingerprint density at radius 1 is 0.611 bits per heavy atom. The van der Waals surface area contributed by atoms with Crippen LogP contribution in [0.15, 0.2) is 6.07 Å². The summed E-state index contributed by atoms with van der Waals surface area (Å²) in [4.78, 5) is 23.9. The van der Waals surface area contributed by atoms with E-state index >= 15 is 0 Å². The first-order chi connectivity index (χ1) is 17.4. The molecule has 0 spiro atoms. The summed E-state index contributed by atoms with van der Waals surface area (Å²) in [5, 5.41) is 0.496. The number of halogens is 4. The van der Waals surface area contributed by atoms with Crippen LogP contribution >= 0.6 is 46.4 Å². The van der Waals surface area contributed by atoms with Gasteiger partial charge in [-0.1, -0.05) is 137 Å². The molecule has 0 atom stereocenters. The van der Waals surface area contributed by atoms with E-state index in [1.54, 1.807) is 0 Å². The Bertz CT molecular complexity index is 744. The molecule has 0 fully saturated rings. The molecule has 1 rings (SSSR count). The molecule has 4 nitrogen and oxygen atoms in total. The zero-order valence-corrected chi connectivity index (χ0v) is 24.7. The average Bonchev–Trinajstić information content (AvgIpc) is 2.85. The topological polar surface area (TPSA) is 52.6 Å². The van der Waals surface area contributed by atoms with Crippen LogP contribution in [0.5, 0.6) is 5.75 Å². The fourth-order valence-electron chi connectivity index (χ4n) is 3.90. The van der Waals surface area contributed by atoms with Gasteiger partial charge in [-0.2, -0.15) is 0 Å². The van der Waals surface area contributed by atoms with Gasteiger partial charge >= 0.3 is 11.9 Å². The predicted molar refractivity (Wildman–Crippen MR) is 152 cm³/mol. The van der Waals surface area contributed by atoms with E-state index in [0.29, 0.717) is 19.4 Å². The molecule has 0 aromatic heterocycles. The smallest absolute Gasteiger partial charge is 0.311 e. The second-order valence-electron chi connectivity index (χ2n) is 9.30. The minimum atomic E-state index is -0.428. The summed E-state index contributed by atoms with van der Waals surface area (Å²) in [6.45, 7) is 2.79. The van der Waals surface area contributed by atoms with Crippen molar-refractivity contribution in [1.29, 1.82) is 0 Å². The number of unbranched alkanes of at least 4 members (excludes halogenated alkanes) is 14. The van der Waals surface area contributed by atoms with E-state index in [1.165, 1.54) is 57.4 Å². The molecule has 0 amide bonds. The number of esters is 2. The Morgan fingerprint density at radius 2 is 1.03 bits per heavy atom. The molecule has 0 bridgehead atoms. The van der Waals surface area contributed by atoms with Gasteiger partial charge in [0.25, 0.3) is 0 Å². The average molecular weight is 584 g/mol. The summed E-state index contributed by atoms with van der Waals surface area (Å²) in [7, 11) is 0. The first kappa shape index (κ1) is 33.3. The summed E-state index contributed by atoms with van der Waals surface area (Å²) >= 11 is 24.0. The molecule has 1 aromatic carbocycles. The Morgan fingerprint density at radius 3 is 1.53 bits per heavy atom. The molecule has 0 N–H and O–H groups in total. The lowest BCUT2D eigenvalue weighted by atomic mass is 10.1. The van der Waals surface area contributed by atoms with Crippen LogP contribution in [0.2, 0.25) is 20.1 Å². The fourth-order valence-corrected chi connectivity index (χ4v) is 4.77. The van der Waals surface area contributed by atoms with Gasteiger partial charge in [-0.15, -0.1) is 0 Å². The second kappa shape index (κ2) is 21.3. The van der Waals surface area contributed by atoms with Gasteiger partial charge in [0.15, 0.2) is 5.75 Å². The van der Waals surface area contributed by atoms with Crippen LogP contribution in [0, 0.1) is 0 Å². The Hall–Kier alpha value is -0.680. The van der Waals surface area contributed by atoms with E-state index in [1.807, 2.05) is 0 Å². The molecule has 0 unspecified atom stereocenters. The van der Waals surface area contributed by atoms with E-state index in [9.17, 15) is 9.59 Å². The number of hydrogen-bond donors (Lipinski definition) is 0. The number of benzene rings is 1. The monoisotopic (exact) mass is 582 g/mol. The first-order valence-corrected chi connectivity index (χ1v) is 15.1. The summed E-state index contributed by atoms with van der Waals surface area (Å²) in [6, 6.07) is 1.41. The third-order valence-corrected chi connectivity index (χ3v) is 7.60. The zero-order chi connectivity index (χ0) is 26.6. The van der Waals surface area contributed by atoms with E-state index in [2.05, 4.69) is 6.92 Å². The Kier molecular flexibility index (Phi) is 19.7. The molecule has 0 aliphatic heterocycles. The minimum absolute atomic E-state index is 0.000820. The maximum atomic E-state index is 12.1. The first-order valence-electron chi connectivity index (χ1n) is 13.6. The third kappa shape index (κ3) is 15.5. The lowest BCUT2D eigenvalue weighted by Crippen LogP contribution is -2.08. The molecule has 0 saturated heterocycles. The van der Waals surface area contributed by atoms with Crippen LogP contribution in [0.3, 0.4) is 0 Å². The van der Waals surface area contributed by atoms with Crippen LogP contribution in [-0.4, -0.2) is 18.5 Å². The van der Waals surface area contributed by atoms with Crippen molar-refractivity contribution in [1.82, 2.24) is 0 Å². The van der Waals surface area contributed by atoms with Crippen molar-refractivity contribution in [2.75, 3.05) is 6.61 Å². The summed E-state index contributed by atoms with van der Waals surface area (Å²) < 4.78 is 10.6. The highest BCUT2D eigenvalue weighted by atomic mass is 35.5. The van der Waals surface area contributed by atoms with Crippen molar-refractivity contribution in [3.63, 3.8) is 0 Å². The third-order valence-electron chi connectivity index (χ3n) is 6.06. The predicted octanol–water partition coefficient (Wildman–Crippen LogP) is 10.8. The molecular weight excluding hydrogens is 542 g/mol. The maximum absolute atomic E-state index is 12.1. The van der Waals surface area contributed by atoms with Crippen molar-refractivity contribution in [2.24, 2.45) is 0 Å². The molecule has 0 radical (unpaired) electrons. The largest absolute Gasteiger partial charge is 0.466 e. The Balaban J connectivity index is 1.94. The zero-order valence-electron chi connectivity index (χ0n) is 21.7. The van der Waals surface area contributed by atoms with Crippen molar-refractivity contribution in [3.05, 3.63) is 26.2 Å². The lowest BCUT2D eigenvalue weighted by Gasteiger charge is -2.10. The summed E-state index contributed by atoms with van der Waals surface area (Å²) in [6.07, 6.45) is 18.9. The standard InChI is InChI=1S/C28H42Cl4O4/c1-2-3-4-5-6-7-8-11-14-17-20-35-24(33)18-15-12-9-10-13-16-19-25(34)36-28-26(31)22(29)21-23(30)27(28)32/h21H,2-20H2,1H3. The van der Waals surface area contributed by atoms with Gasteiger partial charge in [0.05, 0.1) is 16.7 Å². The van der Waals surface area contributed by atoms with Gasteiger partial charge in [-0.3, -0.25) is 9.59 Å². The number of rotatable bonds is 21. The van der Waals surface area contributed by atoms with Crippen LogP contribution in [0.25, 0.3) is 0 Å². The molecule has 206 valence electrons. The lowest BCUT2D eigenvalue weighted by molar-refractivity contribution is -0.144. The highest BCUT2D eigenvalue weighted by Gasteiger charge is 2.18. The van der Waals surface area contributed by atoms with Crippen LogP contribution < -0.4 is 4.74 Å². The summed E-state index contributed by atoms with van der Waals surface area (Å²) in [5.74, 6) is -0.518. The minimum Gasteiger partial charge on any atom is -0.466 e. The molecule has 0 aliphatic rings. The highest BCUT2D eigenvalue weighted by Crippen LogP contribution is 2.43. The van der Waals surface area contributed by atoms with E-state index in [-0.39, 0.29) is 38.2 Å². The molecule has 0 aliphatic carbocycles. The van der Waals surface area contributed by atoms with Crippen molar-refractivity contribution >= 4 is 58.3 Å². The molecule has 36 heavy (non-hydrogen) atoms. The second-order valence-corrected chi connectivity index (χ2v) is 10.9. The van der Waals surface area contributed by atoms with Gasteiger partial charge in [-0.25, -0.2) is 0 Å². The van der Waals surface area contributed by atoms with Gasteiger partial charge in [-0.05, 0) is 25.3 Å². The van der Waals surface area contributed by atoms with Gasteiger partial charge in [0.1, 0.15) is 10.0 Å². The van der Waals surface area contributed by atoms with Gasteiger partial charge in [0.2, 0.25) is 0 Å². The van der Waals surface area contributed by atoms with Crippen LogP contribution in [0.1, 0.15) is 122 Å². The quantitative estimate of drug-likeness (QED) is 0.0624. The number of ether oxygens (including phenoxy) is 2. The SMILES string of the molecule is CCCCCCCCCCCCOC(=O)CCCCCCCCC(=O)Oc1c(Cl)c(Cl)cc(Cl)c1Cl. The van der Waals surface area contributed by atoms with E-state index in [4.69, 9.17) is 55.9 Å². The van der Waals surface area contributed by atoms with Crippen molar-refractivity contribution in [2.45, 2.75) is 122 Å². The molecular formula is C28H42Cl4O4.